The number of fused-ring (bicyclic) bond motifs is 1. The van der Waals surface area contributed by atoms with E-state index in [4.69, 9.17) is 19.1 Å². The highest BCUT2D eigenvalue weighted by Crippen LogP contribution is 2.42. The largest absolute Gasteiger partial charge is 0.494 e. The molecule has 3 aromatic heterocycles. The minimum Gasteiger partial charge on any atom is -0.494 e. The first-order valence-corrected chi connectivity index (χ1v) is 12.0. The quantitative estimate of drug-likeness (QED) is 0.419. The van der Waals surface area contributed by atoms with Gasteiger partial charge in [-0.2, -0.15) is 0 Å². The van der Waals surface area contributed by atoms with Crippen molar-refractivity contribution >= 4 is 33.3 Å². The molecule has 8 heteroatoms. The molecule has 33 heavy (non-hydrogen) atoms. The van der Waals surface area contributed by atoms with Gasteiger partial charge < -0.3 is 19.0 Å². The van der Waals surface area contributed by atoms with Crippen LogP contribution < -0.4 is 9.64 Å². The Balaban J connectivity index is 1.48. The number of thiophene rings is 1. The summed E-state index contributed by atoms with van der Waals surface area (Å²) in [5.74, 6) is 2.88. The highest BCUT2D eigenvalue weighted by molar-refractivity contribution is 7.19. The molecule has 1 saturated heterocycles. The standard InChI is InChI=1S/C25H26N4O3S/c1-4-31-19-9-7-18(8-10-19)21-16(2)33-24-22(21)23(26-17(3)27-24)28-11-13-29(14-12-28)25(30)20-6-5-15-32-20/h5-10,15H,4,11-14H2,1-3H3. The fraction of sp³-hybridized carbons (Fsp3) is 0.320. The maximum absolute atomic E-state index is 12.7. The van der Waals surface area contributed by atoms with Gasteiger partial charge in [-0.3, -0.25) is 4.79 Å². The van der Waals surface area contributed by atoms with Crippen LogP contribution in [0.4, 0.5) is 5.82 Å². The van der Waals surface area contributed by atoms with Gasteiger partial charge in [0.05, 0.1) is 18.3 Å². The van der Waals surface area contributed by atoms with Gasteiger partial charge in [0.2, 0.25) is 0 Å². The third-order valence-electron chi connectivity index (χ3n) is 5.87. The Kier molecular flexibility index (Phi) is 5.76. The number of piperazine rings is 1. The maximum Gasteiger partial charge on any atom is 0.289 e. The van der Waals surface area contributed by atoms with E-state index in [1.54, 1.807) is 23.5 Å². The van der Waals surface area contributed by atoms with Gasteiger partial charge in [-0.25, -0.2) is 9.97 Å². The first-order valence-electron chi connectivity index (χ1n) is 11.1. The van der Waals surface area contributed by atoms with Gasteiger partial charge in [-0.1, -0.05) is 12.1 Å². The van der Waals surface area contributed by atoms with E-state index in [1.807, 2.05) is 30.9 Å². The van der Waals surface area contributed by atoms with Crippen LogP contribution in [0.15, 0.2) is 47.1 Å². The van der Waals surface area contributed by atoms with Crippen molar-refractivity contribution in [3.05, 3.63) is 59.1 Å². The Bertz CT molecular complexity index is 1270. The number of anilines is 1. The molecule has 0 saturated carbocycles. The van der Waals surface area contributed by atoms with Gasteiger partial charge in [0, 0.05) is 36.6 Å². The summed E-state index contributed by atoms with van der Waals surface area (Å²) in [6, 6.07) is 11.7. The second-order valence-corrected chi connectivity index (χ2v) is 9.22. The molecular weight excluding hydrogens is 436 g/mol. The highest BCUT2D eigenvalue weighted by Gasteiger charge is 2.27. The summed E-state index contributed by atoms with van der Waals surface area (Å²) in [4.78, 5) is 28.6. The van der Waals surface area contributed by atoms with Crippen molar-refractivity contribution < 1.29 is 13.9 Å². The predicted octanol–water partition coefficient (Wildman–Crippen LogP) is 4.93. The van der Waals surface area contributed by atoms with Crippen LogP contribution in [0.2, 0.25) is 0 Å². The predicted molar refractivity (Wildman–Crippen MR) is 130 cm³/mol. The zero-order valence-electron chi connectivity index (χ0n) is 19.0. The molecule has 1 amide bonds. The Hall–Kier alpha value is -3.39. The number of nitrogens with zero attached hydrogens (tertiary/aromatic N) is 4. The van der Waals surface area contributed by atoms with Gasteiger partial charge in [-0.15, -0.1) is 11.3 Å². The Morgan fingerprint density at radius 1 is 1.09 bits per heavy atom. The Morgan fingerprint density at radius 2 is 1.85 bits per heavy atom. The van der Waals surface area contributed by atoms with Gasteiger partial charge >= 0.3 is 0 Å². The van der Waals surface area contributed by atoms with Gasteiger partial charge in [0.1, 0.15) is 22.2 Å². The van der Waals surface area contributed by atoms with Crippen molar-refractivity contribution in [2.75, 3.05) is 37.7 Å². The number of aryl methyl sites for hydroxylation is 2. The number of hydrogen-bond donors (Lipinski definition) is 0. The third kappa shape index (κ3) is 4.06. The second-order valence-electron chi connectivity index (χ2n) is 8.02. The summed E-state index contributed by atoms with van der Waals surface area (Å²) in [7, 11) is 0. The number of carbonyl (C=O) groups excluding carboxylic acids is 1. The van der Waals surface area contributed by atoms with Crippen LogP contribution in [0.5, 0.6) is 5.75 Å². The number of rotatable bonds is 5. The molecule has 1 aromatic carbocycles. The van der Waals surface area contributed by atoms with E-state index in [1.165, 1.54) is 16.7 Å². The van der Waals surface area contributed by atoms with Crippen molar-refractivity contribution in [3.63, 3.8) is 0 Å². The lowest BCUT2D eigenvalue weighted by Crippen LogP contribution is -2.49. The fourth-order valence-corrected chi connectivity index (χ4v) is 5.42. The molecule has 0 aliphatic carbocycles. The topological polar surface area (TPSA) is 71.7 Å². The molecule has 170 valence electrons. The number of benzene rings is 1. The van der Waals surface area contributed by atoms with E-state index < -0.39 is 0 Å². The van der Waals surface area contributed by atoms with Crippen LogP contribution in [0.25, 0.3) is 21.3 Å². The van der Waals surface area contributed by atoms with E-state index in [0.717, 1.165) is 33.2 Å². The van der Waals surface area contributed by atoms with Crippen LogP contribution in [0.1, 0.15) is 28.2 Å². The SMILES string of the molecule is CCOc1ccc(-c2c(C)sc3nc(C)nc(N4CCN(C(=O)c5ccco5)CC4)c23)cc1. The number of carbonyl (C=O) groups is 1. The molecule has 7 nitrogen and oxygen atoms in total. The summed E-state index contributed by atoms with van der Waals surface area (Å²) < 4.78 is 10.9. The number of hydrogen-bond acceptors (Lipinski definition) is 7. The summed E-state index contributed by atoms with van der Waals surface area (Å²) in [6.45, 7) is 9.34. The van der Waals surface area contributed by atoms with Crippen molar-refractivity contribution in [3.8, 4) is 16.9 Å². The van der Waals surface area contributed by atoms with E-state index in [-0.39, 0.29) is 5.91 Å². The van der Waals surface area contributed by atoms with E-state index in [0.29, 0.717) is 38.5 Å². The molecule has 0 atom stereocenters. The molecular formula is C25H26N4O3S. The second kappa shape index (κ2) is 8.86. The smallest absolute Gasteiger partial charge is 0.289 e. The average Bonchev–Trinajstić information content (AvgIpc) is 3.47. The first-order chi connectivity index (χ1) is 16.0. The number of amides is 1. The summed E-state index contributed by atoms with van der Waals surface area (Å²) in [5, 5.41) is 1.08. The molecule has 1 fully saturated rings. The van der Waals surface area contributed by atoms with Crippen molar-refractivity contribution in [2.24, 2.45) is 0 Å². The zero-order valence-corrected chi connectivity index (χ0v) is 19.8. The Labute approximate surface area is 196 Å². The van der Waals surface area contributed by atoms with Crippen LogP contribution >= 0.6 is 11.3 Å². The van der Waals surface area contributed by atoms with E-state index >= 15 is 0 Å². The molecule has 5 rings (SSSR count). The fourth-order valence-electron chi connectivity index (χ4n) is 4.34. The van der Waals surface area contributed by atoms with Crippen molar-refractivity contribution in [1.29, 1.82) is 0 Å². The third-order valence-corrected chi connectivity index (χ3v) is 6.87. The summed E-state index contributed by atoms with van der Waals surface area (Å²) >= 11 is 1.70. The molecule has 0 radical (unpaired) electrons. The lowest BCUT2D eigenvalue weighted by molar-refractivity contribution is 0.0714. The number of furan rings is 1. The minimum atomic E-state index is -0.0647. The minimum absolute atomic E-state index is 0.0647. The van der Waals surface area contributed by atoms with E-state index in [9.17, 15) is 4.79 Å². The molecule has 1 aliphatic rings. The van der Waals surface area contributed by atoms with Crippen LogP contribution in [0.3, 0.4) is 0 Å². The van der Waals surface area contributed by atoms with Gasteiger partial charge in [-0.05, 0) is 50.6 Å². The molecule has 1 aliphatic heterocycles. The monoisotopic (exact) mass is 462 g/mol. The first kappa shape index (κ1) is 21.5. The lowest BCUT2D eigenvalue weighted by atomic mass is 10.0. The van der Waals surface area contributed by atoms with Gasteiger partial charge in [0.15, 0.2) is 5.76 Å². The molecule has 4 heterocycles. The number of aromatic nitrogens is 2. The lowest BCUT2D eigenvalue weighted by Gasteiger charge is -2.35. The number of ether oxygens (including phenoxy) is 1. The zero-order chi connectivity index (χ0) is 22.9. The maximum atomic E-state index is 12.7. The molecule has 0 bridgehead atoms. The van der Waals surface area contributed by atoms with Crippen molar-refractivity contribution in [2.45, 2.75) is 20.8 Å². The summed E-state index contributed by atoms with van der Waals surface area (Å²) in [6.07, 6.45) is 1.53. The molecule has 4 aromatic rings. The van der Waals surface area contributed by atoms with Crippen LogP contribution in [-0.4, -0.2) is 53.6 Å². The molecule has 0 N–H and O–H groups in total. The van der Waals surface area contributed by atoms with Crippen molar-refractivity contribution in [1.82, 2.24) is 14.9 Å². The molecule has 0 spiro atoms. The van der Waals surface area contributed by atoms with Crippen LogP contribution in [-0.2, 0) is 0 Å². The Morgan fingerprint density at radius 3 is 2.52 bits per heavy atom. The van der Waals surface area contributed by atoms with Crippen LogP contribution in [0, 0.1) is 13.8 Å². The molecule has 0 unspecified atom stereocenters. The average molecular weight is 463 g/mol. The summed E-state index contributed by atoms with van der Waals surface area (Å²) in [5.41, 5.74) is 2.30. The van der Waals surface area contributed by atoms with Gasteiger partial charge in [0.25, 0.3) is 5.91 Å². The highest BCUT2D eigenvalue weighted by atomic mass is 32.1. The van der Waals surface area contributed by atoms with E-state index in [2.05, 4.69) is 24.0 Å². The normalized spacial score (nSPS) is 14.2.